The Bertz CT molecular complexity index is 309. The third-order valence-corrected chi connectivity index (χ3v) is 3.14. The van der Waals surface area contributed by atoms with E-state index in [9.17, 15) is 9.59 Å². The fraction of sp³-hybridized carbons (Fsp3) is 0.636. The number of carbonyl (C=O) groups is 2. The van der Waals surface area contributed by atoms with Gasteiger partial charge >= 0.3 is 5.97 Å². The van der Waals surface area contributed by atoms with Gasteiger partial charge < -0.3 is 10.0 Å². The maximum atomic E-state index is 11.8. The van der Waals surface area contributed by atoms with Crippen LogP contribution in [0.3, 0.4) is 0 Å². The molecule has 1 rings (SSSR count). The lowest BCUT2D eigenvalue weighted by atomic mass is 10.1. The normalized spacial score (nSPS) is 26.9. The van der Waals surface area contributed by atoms with Gasteiger partial charge in [-0.1, -0.05) is 19.9 Å². The molecule has 2 atom stereocenters. The Balaban J connectivity index is 2.71. The molecule has 0 aromatic carbocycles. The molecule has 4 heteroatoms. The van der Waals surface area contributed by atoms with E-state index >= 15 is 0 Å². The van der Waals surface area contributed by atoms with Gasteiger partial charge in [0.2, 0.25) is 5.91 Å². The molecule has 1 saturated carbocycles. The van der Waals surface area contributed by atoms with Crippen LogP contribution in [0.5, 0.6) is 0 Å². The molecular formula is C11H17NO3. The van der Waals surface area contributed by atoms with E-state index in [2.05, 4.69) is 6.58 Å². The average Bonchev–Trinajstić information content (AvgIpc) is 2.68. The second-order valence-corrected chi connectivity index (χ2v) is 4.62. The van der Waals surface area contributed by atoms with Gasteiger partial charge in [-0.2, -0.15) is 0 Å². The van der Waals surface area contributed by atoms with Gasteiger partial charge in [0.25, 0.3) is 0 Å². The van der Waals surface area contributed by atoms with Crippen molar-refractivity contribution in [1.29, 1.82) is 0 Å². The molecule has 0 saturated heterocycles. The van der Waals surface area contributed by atoms with Crippen LogP contribution in [-0.4, -0.2) is 35.5 Å². The van der Waals surface area contributed by atoms with E-state index in [1.54, 1.807) is 13.1 Å². The second-order valence-electron chi connectivity index (χ2n) is 4.62. The molecule has 0 unspecified atom stereocenters. The van der Waals surface area contributed by atoms with E-state index in [4.69, 9.17) is 5.11 Å². The maximum absolute atomic E-state index is 11.8. The van der Waals surface area contributed by atoms with Crippen molar-refractivity contribution in [2.45, 2.75) is 13.8 Å². The van der Waals surface area contributed by atoms with Crippen molar-refractivity contribution in [3.63, 3.8) is 0 Å². The molecule has 0 heterocycles. The molecular weight excluding hydrogens is 194 g/mol. The van der Waals surface area contributed by atoms with Crippen molar-refractivity contribution in [3.05, 3.63) is 12.7 Å². The number of likely N-dealkylation sites (N-methyl/N-ethyl adjacent to an activating group) is 1. The molecule has 84 valence electrons. The van der Waals surface area contributed by atoms with Gasteiger partial charge in [-0.15, -0.1) is 6.58 Å². The van der Waals surface area contributed by atoms with Gasteiger partial charge in [-0.25, -0.2) is 0 Å². The molecule has 0 aromatic heterocycles. The van der Waals surface area contributed by atoms with Gasteiger partial charge in [-0.3, -0.25) is 9.59 Å². The first-order chi connectivity index (χ1) is 6.84. The highest BCUT2D eigenvalue weighted by Gasteiger charge is 2.66. The molecule has 1 aliphatic carbocycles. The highest BCUT2D eigenvalue weighted by molar-refractivity contribution is 5.91. The summed E-state index contributed by atoms with van der Waals surface area (Å²) in [6.45, 7) is 7.63. The number of carboxylic acid groups (broad SMARTS) is 1. The number of amides is 1. The Labute approximate surface area is 89.6 Å². The average molecular weight is 211 g/mol. The van der Waals surface area contributed by atoms with Crippen LogP contribution in [-0.2, 0) is 9.59 Å². The van der Waals surface area contributed by atoms with Crippen LogP contribution in [0.2, 0.25) is 0 Å². The largest absolute Gasteiger partial charge is 0.481 e. The first kappa shape index (κ1) is 11.8. The van der Waals surface area contributed by atoms with Crippen molar-refractivity contribution >= 4 is 11.9 Å². The molecule has 4 nitrogen and oxygen atoms in total. The van der Waals surface area contributed by atoms with Crippen LogP contribution in [0.1, 0.15) is 13.8 Å². The van der Waals surface area contributed by atoms with E-state index in [0.717, 1.165) is 0 Å². The summed E-state index contributed by atoms with van der Waals surface area (Å²) in [6.07, 6.45) is 1.63. The fourth-order valence-corrected chi connectivity index (χ4v) is 2.08. The zero-order chi connectivity index (χ0) is 11.8. The zero-order valence-electron chi connectivity index (χ0n) is 9.36. The highest BCUT2D eigenvalue weighted by atomic mass is 16.4. The number of aliphatic carboxylic acids is 1. The topological polar surface area (TPSA) is 57.6 Å². The Morgan fingerprint density at radius 2 is 2.00 bits per heavy atom. The third kappa shape index (κ3) is 1.89. The lowest BCUT2D eigenvalue weighted by Crippen LogP contribution is -2.30. The Hall–Kier alpha value is -1.32. The standard InChI is InChI=1S/C11H17NO3/c1-5-6-12(4)9(13)7-8(10(14)15)11(7,2)3/h5,7-8H,1,6H2,2-4H3,(H,14,15)/t7-,8+/m1/s1. The zero-order valence-corrected chi connectivity index (χ0v) is 9.36. The predicted molar refractivity (Wildman–Crippen MR) is 56.2 cm³/mol. The number of carboxylic acids is 1. The molecule has 15 heavy (non-hydrogen) atoms. The van der Waals surface area contributed by atoms with E-state index in [0.29, 0.717) is 6.54 Å². The monoisotopic (exact) mass is 211 g/mol. The van der Waals surface area contributed by atoms with Crippen LogP contribution >= 0.6 is 0 Å². The first-order valence-electron chi connectivity index (χ1n) is 4.92. The number of rotatable bonds is 4. The summed E-state index contributed by atoms with van der Waals surface area (Å²) in [4.78, 5) is 24.2. The third-order valence-electron chi connectivity index (χ3n) is 3.14. The number of hydrogen-bond acceptors (Lipinski definition) is 2. The summed E-state index contributed by atoms with van der Waals surface area (Å²) in [5.41, 5.74) is -0.418. The molecule has 0 bridgehead atoms. The Morgan fingerprint density at radius 1 is 1.47 bits per heavy atom. The number of nitrogens with zero attached hydrogens (tertiary/aromatic N) is 1. The SMILES string of the molecule is C=CCN(C)C(=O)[C@H]1[C@@H](C(=O)O)C1(C)C. The minimum absolute atomic E-state index is 0.104. The lowest BCUT2D eigenvalue weighted by molar-refractivity contribution is -0.141. The quantitative estimate of drug-likeness (QED) is 0.705. The van der Waals surface area contributed by atoms with Crippen molar-refractivity contribution in [2.24, 2.45) is 17.3 Å². The first-order valence-corrected chi connectivity index (χ1v) is 4.92. The van der Waals surface area contributed by atoms with Crippen LogP contribution in [0.15, 0.2) is 12.7 Å². The highest BCUT2D eigenvalue weighted by Crippen LogP contribution is 2.58. The summed E-state index contributed by atoms with van der Waals surface area (Å²) in [5.74, 6) is -1.92. The Morgan fingerprint density at radius 3 is 2.33 bits per heavy atom. The van der Waals surface area contributed by atoms with Gasteiger partial charge in [-0.05, 0) is 5.41 Å². The summed E-state index contributed by atoms with van der Waals surface area (Å²) < 4.78 is 0. The van der Waals surface area contributed by atoms with Gasteiger partial charge in [0.1, 0.15) is 0 Å². The van der Waals surface area contributed by atoms with E-state index in [-0.39, 0.29) is 11.8 Å². The van der Waals surface area contributed by atoms with Gasteiger partial charge in [0.05, 0.1) is 11.8 Å². The fourth-order valence-electron chi connectivity index (χ4n) is 2.08. The maximum Gasteiger partial charge on any atom is 0.307 e. The van der Waals surface area contributed by atoms with E-state index in [1.807, 2.05) is 13.8 Å². The van der Waals surface area contributed by atoms with Gasteiger partial charge in [0.15, 0.2) is 0 Å². The summed E-state index contributed by atoms with van der Waals surface area (Å²) >= 11 is 0. The molecule has 0 aliphatic heterocycles. The molecule has 1 amide bonds. The number of hydrogen-bond donors (Lipinski definition) is 1. The second kappa shape index (κ2) is 3.68. The van der Waals surface area contributed by atoms with Crippen molar-refractivity contribution < 1.29 is 14.7 Å². The van der Waals surface area contributed by atoms with Crippen molar-refractivity contribution in [1.82, 2.24) is 4.90 Å². The van der Waals surface area contributed by atoms with Crippen LogP contribution in [0.25, 0.3) is 0 Å². The molecule has 0 aromatic rings. The minimum atomic E-state index is -0.884. The smallest absolute Gasteiger partial charge is 0.307 e. The van der Waals surface area contributed by atoms with E-state index < -0.39 is 17.3 Å². The summed E-state index contributed by atoms with van der Waals surface area (Å²) in [7, 11) is 1.66. The lowest BCUT2D eigenvalue weighted by Gasteiger charge is -2.15. The minimum Gasteiger partial charge on any atom is -0.481 e. The predicted octanol–water partition coefficient (Wildman–Crippen LogP) is 0.988. The van der Waals surface area contributed by atoms with Crippen LogP contribution in [0, 0.1) is 17.3 Å². The van der Waals surface area contributed by atoms with Crippen molar-refractivity contribution in [2.75, 3.05) is 13.6 Å². The molecule has 0 spiro atoms. The Kier molecular flexibility index (Phi) is 2.88. The molecule has 1 aliphatic rings. The number of carbonyl (C=O) groups excluding carboxylic acids is 1. The molecule has 1 fully saturated rings. The van der Waals surface area contributed by atoms with Crippen LogP contribution < -0.4 is 0 Å². The van der Waals surface area contributed by atoms with Crippen molar-refractivity contribution in [3.8, 4) is 0 Å². The summed E-state index contributed by atoms with van der Waals surface area (Å²) in [6, 6.07) is 0. The van der Waals surface area contributed by atoms with E-state index in [1.165, 1.54) is 4.90 Å². The van der Waals surface area contributed by atoms with Crippen LogP contribution in [0.4, 0.5) is 0 Å². The molecule has 1 N–H and O–H groups in total. The summed E-state index contributed by atoms with van der Waals surface area (Å²) in [5, 5.41) is 8.93. The molecule has 0 radical (unpaired) electrons. The van der Waals surface area contributed by atoms with Gasteiger partial charge in [0, 0.05) is 13.6 Å².